The van der Waals surface area contributed by atoms with Crippen LogP contribution in [0.5, 0.6) is 0 Å². The number of nitrogens with zero attached hydrogens (tertiary/aromatic N) is 4. The van der Waals surface area contributed by atoms with Crippen molar-refractivity contribution in [1.29, 1.82) is 0 Å². The topological polar surface area (TPSA) is 78.7 Å². The molecule has 3 rings (SSSR count). The largest absolute Gasteiger partial charge is 0.507 e. The van der Waals surface area contributed by atoms with Gasteiger partial charge in [-0.1, -0.05) is 18.2 Å². The van der Waals surface area contributed by atoms with E-state index in [2.05, 4.69) is 5.10 Å². The number of aromatic nitrogens is 2. The van der Waals surface area contributed by atoms with Crippen molar-refractivity contribution in [3.8, 4) is 0 Å². The molecule has 1 atom stereocenters. The molecule has 1 fully saturated rings. The number of likely N-dealkylation sites (tertiary alicyclic amines) is 1. The first-order chi connectivity index (χ1) is 14.1. The minimum atomic E-state index is -0.993. The van der Waals surface area contributed by atoms with Crippen molar-refractivity contribution in [2.75, 3.05) is 27.2 Å². The van der Waals surface area contributed by atoms with Crippen molar-refractivity contribution in [3.63, 3.8) is 0 Å². The third-order valence-electron chi connectivity index (χ3n) is 5.49. The molecular weight excluding hydrogens is 387 g/mol. The number of rotatable bonds is 6. The van der Waals surface area contributed by atoms with Crippen molar-refractivity contribution >= 4 is 17.4 Å². The Labute approximate surface area is 175 Å². The summed E-state index contributed by atoms with van der Waals surface area (Å²) < 4.78 is 16.3. The van der Waals surface area contributed by atoms with E-state index in [4.69, 9.17) is 0 Å². The van der Waals surface area contributed by atoms with Gasteiger partial charge in [0, 0.05) is 24.8 Å². The number of aliphatic hydroxyl groups excluding tert-OH is 1. The molecule has 1 amide bonds. The second-order valence-corrected chi connectivity index (χ2v) is 7.84. The lowest BCUT2D eigenvalue weighted by Crippen LogP contribution is -2.32. The highest BCUT2D eigenvalue weighted by Crippen LogP contribution is 2.41. The summed E-state index contributed by atoms with van der Waals surface area (Å²) in [5, 5.41) is 15.4. The fraction of sp³-hybridized carbons (Fsp3) is 0.409. The average molecular weight is 414 g/mol. The van der Waals surface area contributed by atoms with Crippen LogP contribution in [0.25, 0.3) is 5.76 Å². The zero-order chi connectivity index (χ0) is 22.2. The normalized spacial score (nSPS) is 18.6. The van der Waals surface area contributed by atoms with E-state index >= 15 is 0 Å². The van der Waals surface area contributed by atoms with Gasteiger partial charge in [0.05, 0.1) is 22.9 Å². The molecule has 30 heavy (non-hydrogen) atoms. The second-order valence-electron chi connectivity index (χ2n) is 7.84. The van der Waals surface area contributed by atoms with E-state index in [0.717, 1.165) is 0 Å². The summed E-state index contributed by atoms with van der Waals surface area (Å²) in [6, 6.07) is 5.04. The summed E-state index contributed by atoms with van der Waals surface area (Å²) in [5.41, 5.74) is 1.65. The number of amides is 1. The maximum absolute atomic E-state index is 14.7. The van der Waals surface area contributed by atoms with Gasteiger partial charge in [0.15, 0.2) is 0 Å². The summed E-state index contributed by atoms with van der Waals surface area (Å²) in [6.07, 6.45) is 0.607. The molecule has 1 aromatic carbocycles. The molecule has 2 aromatic rings. The summed E-state index contributed by atoms with van der Waals surface area (Å²) in [5.74, 6) is -2.40. The van der Waals surface area contributed by atoms with Gasteiger partial charge in [-0.25, -0.2) is 4.39 Å². The number of Topliss-reactive ketones (excluding diaryl/α,β-unsaturated/α-hetero) is 1. The van der Waals surface area contributed by atoms with Crippen molar-refractivity contribution in [2.24, 2.45) is 7.05 Å². The molecule has 8 heteroatoms. The van der Waals surface area contributed by atoms with Crippen molar-refractivity contribution in [2.45, 2.75) is 26.3 Å². The molecule has 1 saturated heterocycles. The highest BCUT2D eigenvalue weighted by molar-refractivity contribution is 6.46. The van der Waals surface area contributed by atoms with Crippen molar-refractivity contribution < 1.29 is 19.1 Å². The molecule has 1 aliphatic heterocycles. The van der Waals surface area contributed by atoms with Gasteiger partial charge in [-0.2, -0.15) is 5.10 Å². The Balaban J connectivity index is 2.18. The maximum atomic E-state index is 14.7. The average Bonchev–Trinajstić information content (AvgIpc) is 3.08. The molecule has 1 aliphatic rings. The van der Waals surface area contributed by atoms with E-state index in [1.165, 1.54) is 11.0 Å². The molecule has 1 N–H and O–H groups in total. The van der Waals surface area contributed by atoms with Crippen LogP contribution in [0.4, 0.5) is 4.39 Å². The molecule has 0 spiro atoms. The lowest BCUT2D eigenvalue weighted by Gasteiger charge is -2.26. The Morgan fingerprint density at radius 3 is 2.47 bits per heavy atom. The number of ketones is 1. The van der Waals surface area contributed by atoms with E-state index < -0.39 is 23.5 Å². The molecule has 160 valence electrons. The SMILES string of the molecule is Cc1nn(C)c(C)c1C(O)=C1C(=O)C(=O)N(CCCN(C)C)[C@H]1c1ccccc1F. The molecule has 0 aliphatic carbocycles. The Bertz CT molecular complexity index is 1030. The summed E-state index contributed by atoms with van der Waals surface area (Å²) in [4.78, 5) is 29.2. The fourth-order valence-corrected chi connectivity index (χ4v) is 3.94. The van der Waals surface area contributed by atoms with E-state index in [0.29, 0.717) is 29.9 Å². The molecule has 2 heterocycles. The Kier molecular flexibility index (Phi) is 6.07. The Morgan fingerprint density at radius 1 is 1.23 bits per heavy atom. The van der Waals surface area contributed by atoms with Gasteiger partial charge in [-0.3, -0.25) is 14.3 Å². The summed E-state index contributed by atoms with van der Waals surface area (Å²) >= 11 is 0. The highest BCUT2D eigenvalue weighted by Gasteiger charge is 2.47. The standard InChI is InChI=1S/C22H27FN4O3/c1-13-17(14(2)26(5)24-13)20(28)18-19(15-9-6-7-10-16(15)23)27(22(30)21(18)29)12-8-11-25(3)4/h6-7,9-10,19,28H,8,11-12H2,1-5H3/t19-/m0/s1. The van der Waals surface area contributed by atoms with Crippen molar-refractivity contribution in [1.82, 2.24) is 19.6 Å². The number of carbonyl (C=O) groups excluding carboxylic acids is 2. The summed E-state index contributed by atoms with van der Waals surface area (Å²) in [6.45, 7) is 4.45. The van der Waals surface area contributed by atoms with Crippen LogP contribution >= 0.6 is 0 Å². The minimum Gasteiger partial charge on any atom is -0.507 e. The van der Waals surface area contributed by atoms with Gasteiger partial charge in [0.25, 0.3) is 11.7 Å². The summed E-state index contributed by atoms with van der Waals surface area (Å²) in [7, 11) is 5.56. The smallest absolute Gasteiger partial charge is 0.295 e. The Morgan fingerprint density at radius 2 is 1.90 bits per heavy atom. The predicted octanol–water partition coefficient (Wildman–Crippen LogP) is 2.55. The van der Waals surface area contributed by atoms with Gasteiger partial charge in [0.1, 0.15) is 11.6 Å². The van der Waals surface area contributed by atoms with Crippen LogP contribution < -0.4 is 0 Å². The van der Waals surface area contributed by atoms with Crippen molar-refractivity contribution in [3.05, 3.63) is 58.2 Å². The first-order valence-corrected chi connectivity index (χ1v) is 9.83. The number of benzene rings is 1. The third kappa shape index (κ3) is 3.75. The van der Waals surface area contributed by atoms with E-state index in [1.54, 1.807) is 43.8 Å². The molecule has 0 saturated carbocycles. The monoisotopic (exact) mass is 414 g/mol. The van der Waals surface area contributed by atoms with Crippen LogP contribution in [-0.4, -0.2) is 63.6 Å². The van der Waals surface area contributed by atoms with Crippen LogP contribution in [0.2, 0.25) is 0 Å². The van der Waals surface area contributed by atoms with Gasteiger partial charge >= 0.3 is 0 Å². The number of halogens is 1. The molecule has 7 nitrogen and oxygen atoms in total. The molecular formula is C22H27FN4O3. The third-order valence-corrected chi connectivity index (χ3v) is 5.49. The minimum absolute atomic E-state index is 0.103. The predicted molar refractivity (Wildman–Crippen MR) is 111 cm³/mol. The molecule has 1 aromatic heterocycles. The zero-order valence-corrected chi connectivity index (χ0v) is 17.9. The number of aliphatic hydroxyl groups is 1. The van der Waals surface area contributed by atoms with Gasteiger partial charge < -0.3 is 14.9 Å². The number of hydrogen-bond donors (Lipinski definition) is 1. The van der Waals surface area contributed by atoms with Crippen LogP contribution in [0.3, 0.4) is 0 Å². The first-order valence-electron chi connectivity index (χ1n) is 9.83. The fourth-order valence-electron chi connectivity index (χ4n) is 3.94. The van der Waals surface area contributed by atoms with Crippen LogP contribution in [0.15, 0.2) is 29.8 Å². The molecule has 0 unspecified atom stereocenters. The number of hydrogen-bond acceptors (Lipinski definition) is 5. The second kappa shape index (κ2) is 8.39. The lowest BCUT2D eigenvalue weighted by molar-refractivity contribution is -0.140. The van der Waals surface area contributed by atoms with Gasteiger partial charge in [-0.15, -0.1) is 0 Å². The molecule has 0 bridgehead atoms. The maximum Gasteiger partial charge on any atom is 0.295 e. The van der Waals surface area contributed by atoms with E-state index in [1.807, 2.05) is 19.0 Å². The number of aryl methyl sites for hydroxylation is 2. The van der Waals surface area contributed by atoms with E-state index in [-0.39, 0.29) is 23.4 Å². The van der Waals surface area contributed by atoms with Gasteiger partial charge in [0.2, 0.25) is 0 Å². The highest BCUT2D eigenvalue weighted by atomic mass is 19.1. The lowest BCUT2D eigenvalue weighted by atomic mass is 9.94. The first kappa shape index (κ1) is 21.7. The van der Waals surface area contributed by atoms with Crippen LogP contribution in [0, 0.1) is 19.7 Å². The Hall–Kier alpha value is -3.00. The van der Waals surface area contributed by atoms with E-state index in [9.17, 15) is 19.1 Å². The van der Waals surface area contributed by atoms with Crippen LogP contribution in [0.1, 0.15) is 35.0 Å². The number of carbonyl (C=O) groups is 2. The van der Waals surface area contributed by atoms with Crippen LogP contribution in [-0.2, 0) is 16.6 Å². The zero-order valence-electron chi connectivity index (χ0n) is 17.9. The quantitative estimate of drug-likeness (QED) is 0.447. The van der Waals surface area contributed by atoms with Gasteiger partial charge in [-0.05, 0) is 47.0 Å². The molecule has 0 radical (unpaired) electrons.